The molecule has 0 rings (SSSR count). The van der Waals surface area contributed by atoms with E-state index in [9.17, 15) is 9.90 Å². The van der Waals surface area contributed by atoms with Crippen LogP contribution in [0.25, 0.3) is 0 Å². The van der Waals surface area contributed by atoms with Gasteiger partial charge in [-0.05, 0) is 12.3 Å². The Morgan fingerprint density at radius 2 is 1.82 bits per heavy atom. The number of amides is 1. The Hall–Kier alpha value is -0.570. The normalized spacial score (nSPS) is 17.5. The summed E-state index contributed by atoms with van der Waals surface area (Å²) >= 11 is 0. The maximum Gasteiger partial charge on any atom is 0.223 e. The molecule has 3 N–H and O–H groups in total. The van der Waals surface area contributed by atoms with Crippen LogP contribution >= 0.6 is 0 Å². The Morgan fingerprint density at radius 3 is 1.82 bits per heavy atom. The summed E-state index contributed by atoms with van der Waals surface area (Å²) in [6, 6.07) is 0. The van der Waals surface area contributed by atoms with Crippen molar-refractivity contribution in [2.24, 2.45) is 17.1 Å². The van der Waals surface area contributed by atoms with Crippen LogP contribution in [-0.2, 0) is 4.79 Å². The maximum absolute atomic E-state index is 10.8. The standard InChI is InChI=1S/C8H17NO2/c1-5(10)6(7(9)11)8(2,3)4/h5-6,10H,1-4H3,(H2,9,11). The second kappa shape index (κ2) is 3.22. The van der Waals surface area contributed by atoms with Crippen molar-refractivity contribution in [1.82, 2.24) is 0 Å². The van der Waals surface area contributed by atoms with Crippen LogP contribution in [0.15, 0.2) is 0 Å². The first-order valence-electron chi connectivity index (χ1n) is 3.74. The molecule has 0 aromatic rings. The van der Waals surface area contributed by atoms with Crippen molar-refractivity contribution >= 4 is 5.91 Å². The molecule has 0 heterocycles. The summed E-state index contributed by atoms with van der Waals surface area (Å²) in [4.78, 5) is 10.8. The molecule has 11 heavy (non-hydrogen) atoms. The van der Waals surface area contributed by atoms with E-state index in [1.807, 2.05) is 20.8 Å². The zero-order chi connectivity index (χ0) is 9.23. The summed E-state index contributed by atoms with van der Waals surface area (Å²) in [5, 5.41) is 9.22. The maximum atomic E-state index is 10.8. The SMILES string of the molecule is CC(O)C(C(N)=O)C(C)(C)C. The van der Waals surface area contributed by atoms with E-state index in [0.717, 1.165) is 0 Å². The molecule has 3 heteroatoms. The summed E-state index contributed by atoms with van der Waals surface area (Å²) in [7, 11) is 0. The minimum absolute atomic E-state index is 0.264. The van der Waals surface area contributed by atoms with Gasteiger partial charge in [-0.15, -0.1) is 0 Å². The molecular weight excluding hydrogens is 142 g/mol. The highest BCUT2D eigenvalue weighted by atomic mass is 16.3. The third-order valence-corrected chi connectivity index (χ3v) is 1.72. The van der Waals surface area contributed by atoms with Crippen LogP contribution in [0.1, 0.15) is 27.7 Å². The number of rotatable bonds is 2. The van der Waals surface area contributed by atoms with Crippen molar-refractivity contribution in [1.29, 1.82) is 0 Å². The van der Waals surface area contributed by atoms with Crippen molar-refractivity contribution < 1.29 is 9.90 Å². The number of primary amides is 1. The van der Waals surface area contributed by atoms with Gasteiger partial charge in [0, 0.05) is 0 Å². The van der Waals surface area contributed by atoms with E-state index in [1.165, 1.54) is 0 Å². The lowest BCUT2D eigenvalue weighted by Gasteiger charge is -2.29. The van der Waals surface area contributed by atoms with E-state index >= 15 is 0 Å². The number of carbonyl (C=O) groups excluding carboxylic acids is 1. The van der Waals surface area contributed by atoms with Gasteiger partial charge in [-0.3, -0.25) is 4.79 Å². The van der Waals surface area contributed by atoms with Crippen molar-refractivity contribution in [3.8, 4) is 0 Å². The number of carbonyl (C=O) groups is 1. The third-order valence-electron chi connectivity index (χ3n) is 1.72. The van der Waals surface area contributed by atoms with Gasteiger partial charge < -0.3 is 10.8 Å². The Bertz CT molecular complexity index is 147. The van der Waals surface area contributed by atoms with Crippen LogP contribution in [-0.4, -0.2) is 17.1 Å². The molecule has 3 nitrogen and oxygen atoms in total. The van der Waals surface area contributed by atoms with Crippen LogP contribution in [0.3, 0.4) is 0 Å². The number of aliphatic hydroxyl groups is 1. The summed E-state index contributed by atoms with van der Waals surface area (Å²) in [6.07, 6.45) is -0.674. The van der Waals surface area contributed by atoms with Gasteiger partial charge in [0.25, 0.3) is 0 Å². The van der Waals surface area contributed by atoms with E-state index in [4.69, 9.17) is 5.73 Å². The number of nitrogens with two attached hydrogens (primary N) is 1. The molecule has 0 aliphatic rings. The monoisotopic (exact) mass is 159 g/mol. The minimum Gasteiger partial charge on any atom is -0.393 e. The highest BCUT2D eigenvalue weighted by Crippen LogP contribution is 2.28. The van der Waals surface area contributed by atoms with Crippen LogP contribution in [0.5, 0.6) is 0 Å². The fourth-order valence-corrected chi connectivity index (χ4v) is 1.39. The highest BCUT2D eigenvalue weighted by Gasteiger charge is 2.33. The van der Waals surface area contributed by atoms with E-state index in [1.54, 1.807) is 6.92 Å². The molecule has 0 aliphatic heterocycles. The largest absolute Gasteiger partial charge is 0.393 e. The first-order valence-corrected chi connectivity index (χ1v) is 3.74. The van der Waals surface area contributed by atoms with Crippen molar-refractivity contribution in [3.63, 3.8) is 0 Å². The van der Waals surface area contributed by atoms with Gasteiger partial charge in [0.2, 0.25) is 5.91 Å². The summed E-state index contributed by atoms with van der Waals surface area (Å²) in [6.45, 7) is 7.24. The van der Waals surface area contributed by atoms with Gasteiger partial charge in [0.1, 0.15) is 0 Å². The van der Waals surface area contributed by atoms with Crippen molar-refractivity contribution in [2.75, 3.05) is 0 Å². The second-order valence-corrected chi connectivity index (χ2v) is 3.99. The van der Waals surface area contributed by atoms with E-state index in [-0.39, 0.29) is 5.41 Å². The molecule has 0 aromatic heterocycles. The summed E-state index contributed by atoms with van der Waals surface area (Å²) < 4.78 is 0. The molecular formula is C8H17NO2. The predicted molar refractivity (Wildman–Crippen MR) is 43.8 cm³/mol. The number of hydrogen-bond acceptors (Lipinski definition) is 2. The zero-order valence-corrected chi connectivity index (χ0v) is 7.59. The smallest absolute Gasteiger partial charge is 0.223 e. The van der Waals surface area contributed by atoms with Gasteiger partial charge in [-0.1, -0.05) is 20.8 Å². The molecule has 0 radical (unpaired) electrons. The molecule has 2 unspecified atom stereocenters. The summed E-state index contributed by atoms with van der Waals surface area (Å²) in [5.41, 5.74) is 4.86. The Balaban J connectivity index is 4.49. The average molecular weight is 159 g/mol. The van der Waals surface area contributed by atoms with E-state index in [0.29, 0.717) is 0 Å². The Morgan fingerprint density at radius 1 is 1.45 bits per heavy atom. The molecule has 66 valence electrons. The molecule has 2 atom stereocenters. The molecule has 1 amide bonds. The third kappa shape index (κ3) is 2.89. The molecule has 0 saturated carbocycles. The lowest BCUT2D eigenvalue weighted by atomic mass is 9.77. The van der Waals surface area contributed by atoms with Gasteiger partial charge in [0.15, 0.2) is 0 Å². The van der Waals surface area contributed by atoms with Gasteiger partial charge in [0.05, 0.1) is 12.0 Å². The molecule has 0 bridgehead atoms. The zero-order valence-electron chi connectivity index (χ0n) is 7.59. The fraction of sp³-hybridized carbons (Fsp3) is 0.875. The second-order valence-electron chi connectivity index (χ2n) is 3.99. The number of aliphatic hydroxyl groups excluding tert-OH is 1. The lowest BCUT2D eigenvalue weighted by molar-refractivity contribution is -0.129. The quantitative estimate of drug-likeness (QED) is 0.616. The fourth-order valence-electron chi connectivity index (χ4n) is 1.39. The minimum atomic E-state index is -0.674. The van der Waals surface area contributed by atoms with Gasteiger partial charge >= 0.3 is 0 Å². The molecule has 0 spiro atoms. The molecule has 0 fully saturated rings. The first-order chi connectivity index (χ1) is 4.76. The van der Waals surface area contributed by atoms with Crippen molar-refractivity contribution in [2.45, 2.75) is 33.8 Å². The van der Waals surface area contributed by atoms with Gasteiger partial charge in [-0.2, -0.15) is 0 Å². The molecule has 0 aromatic carbocycles. The summed E-state index contributed by atoms with van der Waals surface area (Å²) in [5.74, 6) is -0.907. The highest BCUT2D eigenvalue weighted by molar-refractivity contribution is 5.77. The van der Waals surface area contributed by atoms with Gasteiger partial charge in [-0.25, -0.2) is 0 Å². The van der Waals surface area contributed by atoms with E-state index in [2.05, 4.69) is 0 Å². The van der Waals surface area contributed by atoms with Crippen LogP contribution in [0.2, 0.25) is 0 Å². The van der Waals surface area contributed by atoms with Crippen molar-refractivity contribution in [3.05, 3.63) is 0 Å². The van der Waals surface area contributed by atoms with Crippen LogP contribution in [0, 0.1) is 11.3 Å². The average Bonchev–Trinajstić information content (AvgIpc) is 1.54. The topological polar surface area (TPSA) is 63.3 Å². The Labute approximate surface area is 67.6 Å². The molecule has 0 aliphatic carbocycles. The molecule has 0 saturated heterocycles. The van der Waals surface area contributed by atoms with E-state index < -0.39 is 17.9 Å². The Kier molecular flexibility index (Phi) is 3.05. The predicted octanol–water partition coefficient (Wildman–Crippen LogP) is 0.515. The van der Waals surface area contributed by atoms with Crippen LogP contribution < -0.4 is 5.73 Å². The van der Waals surface area contributed by atoms with Crippen LogP contribution in [0.4, 0.5) is 0 Å². The number of hydrogen-bond donors (Lipinski definition) is 2. The lowest BCUT2D eigenvalue weighted by Crippen LogP contribution is -2.40. The first kappa shape index (κ1) is 10.4.